The molecule has 2 aromatic rings. The zero-order valence-electron chi connectivity index (χ0n) is 23.1. The van der Waals surface area contributed by atoms with Crippen LogP contribution in [0, 0.1) is 23.7 Å². The van der Waals surface area contributed by atoms with E-state index < -0.39 is 0 Å². The van der Waals surface area contributed by atoms with Crippen LogP contribution in [0.4, 0.5) is 0 Å². The smallest absolute Gasteiger partial charge is 0.0221 e. The summed E-state index contributed by atoms with van der Waals surface area (Å²) in [5, 5.41) is 0. The second-order valence-electron chi connectivity index (χ2n) is 12.4. The summed E-state index contributed by atoms with van der Waals surface area (Å²) in [5.74, 6) is 3.06. The van der Waals surface area contributed by atoms with Crippen LogP contribution in [0.25, 0.3) is 11.1 Å². The van der Waals surface area contributed by atoms with E-state index in [0.717, 1.165) is 11.8 Å². The average Bonchev–Trinajstić information content (AvgIpc) is 3.02. The number of rotatable bonds is 14. The summed E-state index contributed by atoms with van der Waals surface area (Å²) in [6, 6.07) is 14.1. The van der Waals surface area contributed by atoms with E-state index in [4.69, 9.17) is 0 Å². The first-order valence-corrected chi connectivity index (χ1v) is 15.8. The van der Waals surface area contributed by atoms with Crippen LogP contribution in [0.5, 0.6) is 0 Å². The third-order valence-electron chi connectivity index (χ3n) is 8.14. The fourth-order valence-electron chi connectivity index (χ4n) is 6.45. The van der Waals surface area contributed by atoms with Crippen LogP contribution >= 0.6 is 31.9 Å². The highest BCUT2D eigenvalue weighted by Crippen LogP contribution is 2.56. The third-order valence-corrected chi connectivity index (χ3v) is 9.12. The molecule has 0 radical (unpaired) electrons. The number of fused-ring (bicyclic) bond motifs is 3. The first kappa shape index (κ1) is 29.0. The zero-order valence-corrected chi connectivity index (χ0v) is 26.3. The minimum absolute atomic E-state index is 0.104. The van der Waals surface area contributed by atoms with Gasteiger partial charge in [0.25, 0.3) is 0 Å². The summed E-state index contributed by atoms with van der Waals surface area (Å²) in [5.41, 5.74) is 6.13. The maximum Gasteiger partial charge on any atom is 0.0221 e. The van der Waals surface area contributed by atoms with Crippen LogP contribution in [0.2, 0.25) is 0 Å². The molecule has 3 rings (SSSR count). The topological polar surface area (TPSA) is 0 Å². The summed E-state index contributed by atoms with van der Waals surface area (Å²) >= 11 is 7.66. The van der Waals surface area contributed by atoms with Crippen LogP contribution in [-0.2, 0) is 5.41 Å². The van der Waals surface area contributed by atoms with Crippen LogP contribution in [-0.4, -0.2) is 0 Å². The summed E-state index contributed by atoms with van der Waals surface area (Å²) in [7, 11) is 0. The van der Waals surface area contributed by atoms with Crippen LogP contribution < -0.4 is 0 Å². The minimum atomic E-state index is 0.104. The molecule has 1 aliphatic rings. The summed E-state index contributed by atoms with van der Waals surface area (Å²) in [6.07, 6.45) is 13.3. The highest BCUT2D eigenvalue weighted by Gasteiger charge is 2.44. The van der Waals surface area contributed by atoms with E-state index in [2.05, 4.69) is 110 Å². The maximum absolute atomic E-state index is 3.83. The van der Waals surface area contributed by atoms with Gasteiger partial charge in [0.2, 0.25) is 0 Å². The molecule has 0 bridgehead atoms. The Morgan fingerprint density at radius 1 is 0.571 bits per heavy atom. The van der Waals surface area contributed by atoms with E-state index in [-0.39, 0.29) is 5.41 Å². The summed E-state index contributed by atoms with van der Waals surface area (Å²) in [6.45, 7) is 14.4. The molecule has 2 aromatic carbocycles. The Labute approximate surface area is 233 Å². The molecular weight excluding hydrogens is 556 g/mol. The van der Waals surface area contributed by atoms with Crippen molar-refractivity contribution in [1.82, 2.24) is 0 Å². The number of hydrogen-bond acceptors (Lipinski definition) is 0. The minimum Gasteiger partial charge on any atom is -0.0628 e. The predicted molar refractivity (Wildman–Crippen MR) is 162 cm³/mol. The first-order chi connectivity index (χ1) is 16.6. The van der Waals surface area contributed by atoms with Gasteiger partial charge in [-0.2, -0.15) is 0 Å². The van der Waals surface area contributed by atoms with E-state index in [0.29, 0.717) is 11.8 Å². The molecule has 0 aromatic heterocycles. The van der Waals surface area contributed by atoms with Gasteiger partial charge >= 0.3 is 0 Å². The summed E-state index contributed by atoms with van der Waals surface area (Å²) < 4.78 is 2.42. The van der Waals surface area contributed by atoms with Crippen molar-refractivity contribution in [3.63, 3.8) is 0 Å². The van der Waals surface area contributed by atoms with Gasteiger partial charge in [-0.25, -0.2) is 0 Å². The van der Waals surface area contributed by atoms with E-state index in [9.17, 15) is 0 Å². The fraction of sp³-hybridized carbons (Fsp3) is 0.636. The maximum atomic E-state index is 3.83. The van der Waals surface area contributed by atoms with Gasteiger partial charge in [-0.3, -0.25) is 0 Å². The van der Waals surface area contributed by atoms with Gasteiger partial charge in [-0.15, -0.1) is 0 Å². The monoisotopic (exact) mass is 602 g/mol. The largest absolute Gasteiger partial charge is 0.0628 e. The molecule has 0 spiro atoms. The quantitative estimate of drug-likeness (QED) is 0.188. The lowest BCUT2D eigenvalue weighted by Gasteiger charge is -2.37. The highest BCUT2D eigenvalue weighted by atomic mass is 79.9. The molecule has 194 valence electrons. The van der Waals surface area contributed by atoms with Crippen molar-refractivity contribution in [2.24, 2.45) is 23.7 Å². The van der Waals surface area contributed by atoms with Crippen molar-refractivity contribution in [3.05, 3.63) is 56.5 Å². The first-order valence-electron chi connectivity index (χ1n) is 14.2. The normalized spacial score (nSPS) is 15.9. The van der Waals surface area contributed by atoms with Crippen molar-refractivity contribution in [3.8, 4) is 11.1 Å². The Hall–Kier alpha value is -0.600. The molecule has 2 atom stereocenters. The lowest BCUT2D eigenvalue weighted by atomic mass is 9.66. The van der Waals surface area contributed by atoms with Crippen LogP contribution in [0.15, 0.2) is 45.3 Å². The lowest BCUT2D eigenvalue weighted by Crippen LogP contribution is -2.30. The Morgan fingerprint density at radius 3 is 1.31 bits per heavy atom. The van der Waals surface area contributed by atoms with Crippen LogP contribution in [0.1, 0.15) is 117 Å². The Kier molecular flexibility index (Phi) is 11.0. The number of unbranched alkanes of at least 4 members (excludes halogenated alkanes) is 2. The van der Waals surface area contributed by atoms with Gasteiger partial charge in [0.15, 0.2) is 0 Å². The fourth-order valence-corrected chi connectivity index (χ4v) is 7.17. The molecular formula is C33H48Br2. The molecule has 0 saturated carbocycles. The molecule has 0 nitrogen and oxygen atoms in total. The van der Waals surface area contributed by atoms with E-state index in [1.54, 1.807) is 11.1 Å². The molecule has 35 heavy (non-hydrogen) atoms. The third kappa shape index (κ3) is 7.70. The molecule has 0 saturated heterocycles. The van der Waals surface area contributed by atoms with Gasteiger partial charge in [0.1, 0.15) is 0 Å². The van der Waals surface area contributed by atoms with Crippen molar-refractivity contribution in [2.75, 3.05) is 0 Å². The number of hydrogen-bond donors (Lipinski definition) is 0. The van der Waals surface area contributed by atoms with Gasteiger partial charge < -0.3 is 0 Å². The Morgan fingerprint density at radius 2 is 0.943 bits per heavy atom. The van der Waals surface area contributed by atoms with Crippen molar-refractivity contribution in [1.29, 1.82) is 0 Å². The van der Waals surface area contributed by atoms with Crippen molar-refractivity contribution >= 4 is 31.9 Å². The molecule has 0 heterocycles. The van der Waals surface area contributed by atoms with Gasteiger partial charge in [-0.1, -0.05) is 137 Å². The molecule has 2 heteroatoms. The van der Waals surface area contributed by atoms with Crippen LogP contribution in [0.3, 0.4) is 0 Å². The summed E-state index contributed by atoms with van der Waals surface area (Å²) in [4.78, 5) is 0. The zero-order chi connectivity index (χ0) is 25.6. The SMILES string of the molecule is CC(C)CCCCC(C)CC1(CC(C)CCCCC(C)C)c2cc(Br)ccc2-c2ccc(Br)cc21. The number of halogens is 2. The van der Waals surface area contributed by atoms with E-state index >= 15 is 0 Å². The second-order valence-corrected chi connectivity index (χ2v) is 14.3. The molecule has 0 N–H and O–H groups in total. The Balaban J connectivity index is 1.91. The molecule has 0 amide bonds. The Bertz CT molecular complexity index is 865. The molecule has 1 aliphatic carbocycles. The standard InChI is InChI=1S/C33H48Br2/c1-23(2)11-7-9-13-25(5)21-33(22-26(6)14-10-8-12-24(3)4)31-19-27(34)15-17-29(31)30-18-16-28(35)20-32(30)33/h15-20,23-26H,7-14,21-22H2,1-6H3. The molecule has 0 fully saturated rings. The highest BCUT2D eigenvalue weighted by molar-refractivity contribution is 9.10. The van der Waals surface area contributed by atoms with Gasteiger partial charge in [0.05, 0.1) is 0 Å². The number of benzene rings is 2. The van der Waals surface area contributed by atoms with Crippen molar-refractivity contribution in [2.45, 2.75) is 111 Å². The van der Waals surface area contributed by atoms with Crippen molar-refractivity contribution < 1.29 is 0 Å². The van der Waals surface area contributed by atoms with Gasteiger partial charge in [0, 0.05) is 14.4 Å². The van der Waals surface area contributed by atoms with E-state index in [1.807, 2.05) is 0 Å². The predicted octanol–water partition coefficient (Wildman–Crippen LogP) is 12.0. The average molecular weight is 605 g/mol. The lowest BCUT2D eigenvalue weighted by molar-refractivity contribution is 0.290. The van der Waals surface area contributed by atoms with Gasteiger partial charge in [-0.05, 0) is 83.0 Å². The molecule has 2 unspecified atom stereocenters. The molecule has 0 aliphatic heterocycles. The second kappa shape index (κ2) is 13.3. The van der Waals surface area contributed by atoms with E-state index in [1.165, 1.54) is 84.3 Å².